The van der Waals surface area contributed by atoms with Gasteiger partial charge in [0.1, 0.15) is 17.0 Å². The van der Waals surface area contributed by atoms with Crippen molar-refractivity contribution >= 4 is 18.4 Å². The zero-order valence-corrected chi connectivity index (χ0v) is 15.8. The first kappa shape index (κ1) is 20.3. The first-order chi connectivity index (χ1) is 12.1. The normalized spacial score (nSPS) is 15.5. The van der Waals surface area contributed by atoms with E-state index in [1.54, 1.807) is 31.4 Å². The number of benzene rings is 1. The number of carboxylic acids is 1. The fourth-order valence-corrected chi connectivity index (χ4v) is 3.40. The second-order valence-corrected chi connectivity index (χ2v) is 6.58. The van der Waals surface area contributed by atoms with E-state index in [0.29, 0.717) is 28.7 Å². The van der Waals surface area contributed by atoms with Crippen LogP contribution in [0.15, 0.2) is 28.8 Å². The number of rotatable bonds is 7. The molecule has 1 aliphatic rings. The number of aromatic carboxylic acids is 1. The zero-order valence-electron chi connectivity index (χ0n) is 15.0. The van der Waals surface area contributed by atoms with Crippen LogP contribution in [0.3, 0.4) is 0 Å². The molecule has 0 bridgehead atoms. The number of carboxylic acid groups (broad SMARTS) is 1. The molecule has 0 amide bonds. The molecule has 7 heteroatoms. The molecule has 1 aromatic heterocycles. The first-order valence-corrected chi connectivity index (χ1v) is 8.70. The third kappa shape index (κ3) is 4.37. The van der Waals surface area contributed by atoms with Crippen molar-refractivity contribution in [3.8, 4) is 17.0 Å². The maximum absolute atomic E-state index is 11.8. The predicted octanol–water partition coefficient (Wildman–Crippen LogP) is 4.31. The predicted molar refractivity (Wildman–Crippen MR) is 101 cm³/mol. The van der Waals surface area contributed by atoms with Crippen molar-refractivity contribution in [1.29, 1.82) is 0 Å². The Hall–Kier alpha value is -2.05. The number of hydrogen-bond acceptors (Lipinski definition) is 5. The third-order valence-electron chi connectivity index (χ3n) is 4.88. The molecular formula is C19H25ClN2O4. The fourth-order valence-electron chi connectivity index (χ4n) is 3.40. The van der Waals surface area contributed by atoms with E-state index in [0.717, 1.165) is 6.54 Å². The molecule has 6 nitrogen and oxygen atoms in total. The Bertz CT molecular complexity index is 724. The molecule has 1 aliphatic carbocycles. The molecule has 142 valence electrons. The fraction of sp³-hybridized carbons (Fsp3) is 0.474. The van der Waals surface area contributed by atoms with Gasteiger partial charge in [-0.05, 0) is 56.5 Å². The van der Waals surface area contributed by atoms with Gasteiger partial charge in [0.05, 0.1) is 13.2 Å². The van der Waals surface area contributed by atoms with Crippen molar-refractivity contribution in [2.45, 2.75) is 38.6 Å². The second-order valence-electron chi connectivity index (χ2n) is 6.58. The van der Waals surface area contributed by atoms with Crippen molar-refractivity contribution in [3.63, 3.8) is 0 Å². The Morgan fingerprint density at radius 2 is 2.00 bits per heavy atom. The van der Waals surface area contributed by atoms with Crippen LogP contribution in [-0.2, 0) is 0 Å². The van der Waals surface area contributed by atoms with Gasteiger partial charge in [0, 0.05) is 5.56 Å². The van der Waals surface area contributed by atoms with Crippen molar-refractivity contribution in [1.82, 2.24) is 10.5 Å². The Morgan fingerprint density at radius 3 is 2.58 bits per heavy atom. The monoisotopic (exact) mass is 380 g/mol. The highest BCUT2D eigenvalue weighted by Crippen LogP contribution is 2.31. The summed E-state index contributed by atoms with van der Waals surface area (Å²) in [4.78, 5) is 11.8. The van der Waals surface area contributed by atoms with Gasteiger partial charge in [0.25, 0.3) is 0 Å². The molecule has 2 N–H and O–H groups in total. The SMILES string of the molecule is COc1ccc(-c2noc([C@@H](C)NCC3CCCC3)c2C(=O)O)cc1.Cl. The molecule has 1 aromatic carbocycles. The summed E-state index contributed by atoms with van der Waals surface area (Å²) >= 11 is 0. The van der Waals surface area contributed by atoms with E-state index < -0.39 is 5.97 Å². The molecule has 3 rings (SSSR count). The standard InChI is InChI=1S/C19H24N2O4.ClH/c1-12(20-11-13-5-3-4-6-13)18-16(19(22)23)17(21-25-18)14-7-9-15(24-2)10-8-14;/h7-10,12-13,20H,3-6,11H2,1-2H3,(H,22,23);1H/t12-;/m1./s1. The molecule has 0 aliphatic heterocycles. The molecule has 0 unspecified atom stereocenters. The smallest absolute Gasteiger partial charge is 0.341 e. The highest BCUT2D eigenvalue weighted by atomic mass is 35.5. The summed E-state index contributed by atoms with van der Waals surface area (Å²) in [5, 5.41) is 17.1. The maximum atomic E-state index is 11.8. The largest absolute Gasteiger partial charge is 0.497 e. The topological polar surface area (TPSA) is 84.6 Å². The number of halogens is 1. The Balaban J connectivity index is 0.00000243. The molecule has 1 atom stereocenters. The summed E-state index contributed by atoms with van der Waals surface area (Å²) in [6.07, 6.45) is 5.04. The molecule has 2 aromatic rings. The summed E-state index contributed by atoms with van der Waals surface area (Å²) in [6, 6.07) is 6.91. The lowest BCUT2D eigenvalue weighted by Gasteiger charge is -2.15. The van der Waals surface area contributed by atoms with E-state index in [2.05, 4.69) is 10.5 Å². The quantitative estimate of drug-likeness (QED) is 0.744. The zero-order chi connectivity index (χ0) is 17.8. The van der Waals surface area contributed by atoms with Crippen LogP contribution >= 0.6 is 12.4 Å². The minimum atomic E-state index is -1.03. The lowest BCUT2D eigenvalue weighted by molar-refractivity contribution is 0.0694. The number of ether oxygens (including phenoxy) is 1. The first-order valence-electron chi connectivity index (χ1n) is 8.70. The Morgan fingerprint density at radius 1 is 1.35 bits per heavy atom. The van der Waals surface area contributed by atoms with Crippen molar-refractivity contribution in [2.24, 2.45) is 5.92 Å². The Labute approximate surface area is 159 Å². The maximum Gasteiger partial charge on any atom is 0.341 e. The van der Waals surface area contributed by atoms with Crippen LogP contribution in [-0.4, -0.2) is 29.9 Å². The van der Waals surface area contributed by atoms with E-state index in [1.807, 2.05) is 6.92 Å². The summed E-state index contributed by atoms with van der Waals surface area (Å²) in [7, 11) is 1.59. The number of carbonyl (C=O) groups is 1. The number of nitrogens with zero attached hydrogens (tertiary/aromatic N) is 1. The average Bonchev–Trinajstić information content (AvgIpc) is 3.29. The van der Waals surface area contributed by atoms with E-state index in [4.69, 9.17) is 9.26 Å². The summed E-state index contributed by atoms with van der Waals surface area (Å²) in [5.74, 6) is 0.712. The van der Waals surface area contributed by atoms with Gasteiger partial charge >= 0.3 is 5.97 Å². The van der Waals surface area contributed by atoms with Crippen LogP contribution < -0.4 is 10.1 Å². The van der Waals surface area contributed by atoms with Crippen LogP contribution in [0.5, 0.6) is 5.75 Å². The van der Waals surface area contributed by atoms with Crippen molar-refractivity contribution in [3.05, 3.63) is 35.6 Å². The average molecular weight is 381 g/mol. The van der Waals surface area contributed by atoms with E-state index in [-0.39, 0.29) is 24.0 Å². The van der Waals surface area contributed by atoms with Crippen LogP contribution in [0.1, 0.15) is 54.8 Å². The van der Waals surface area contributed by atoms with Gasteiger partial charge in [0.2, 0.25) is 0 Å². The Kier molecular flexibility index (Phi) is 7.06. The highest BCUT2D eigenvalue weighted by Gasteiger charge is 2.27. The van der Waals surface area contributed by atoms with Gasteiger partial charge in [-0.2, -0.15) is 0 Å². The van der Waals surface area contributed by atoms with Gasteiger partial charge in [-0.1, -0.05) is 18.0 Å². The highest BCUT2D eigenvalue weighted by molar-refractivity contribution is 5.96. The van der Waals surface area contributed by atoms with Gasteiger partial charge in [0.15, 0.2) is 5.76 Å². The molecule has 26 heavy (non-hydrogen) atoms. The van der Waals surface area contributed by atoms with Gasteiger partial charge in [-0.25, -0.2) is 4.79 Å². The van der Waals surface area contributed by atoms with E-state index in [9.17, 15) is 9.90 Å². The molecule has 1 fully saturated rings. The molecular weight excluding hydrogens is 356 g/mol. The van der Waals surface area contributed by atoms with Crippen LogP contribution in [0.25, 0.3) is 11.3 Å². The lowest BCUT2D eigenvalue weighted by Crippen LogP contribution is -2.25. The summed E-state index contributed by atoms with van der Waals surface area (Å²) in [6.45, 7) is 2.79. The van der Waals surface area contributed by atoms with Crippen LogP contribution in [0, 0.1) is 5.92 Å². The van der Waals surface area contributed by atoms with E-state index in [1.165, 1.54) is 25.7 Å². The van der Waals surface area contributed by atoms with Gasteiger partial charge in [-0.3, -0.25) is 0 Å². The third-order valence-corrected chi connectivity index (χ3v) is 4.88. The molecule has 0 radical (unpaired) electrons. The lowest BCUT2D eigenvalue weighted by atomic mass is 10.0. The van der Waals surface area contributed by atoms with Crippen LogP contribution in [0.2, 0.25) is 0 Å². The number of hydrogen-bond donors (Lipinski definition) is 2. The summed E-state index contributed by atoms with van der Waals surface area (Å²) < 4.78 is 10.6. The van der Waals surface area contributed by atoms with Gasteiger partial charge < -0.3 is 19.7 Å². The van der Waals surface area contributed by atoms with Crippen molar-refractivity contribution in [2.75, 3.05) is 13.7 Å². The minimum Gasteiger partial charge on any atom is -0.497 e. The second kappa shape index (κ2) is 9.05. The van der Waals surface area contributed by atoms with Gasteiger partial charge in [-0.15, -0.1) is 12.4 Å². The molecule has 0 saturated heterocycles. The number of aromatic nitrogens is 1. The minimum absolute atomic E-state index is 0. The summed E-state index contributed by atoms with van der Waals surface area (Å²) in [5.41, 5.74) is 1.16. The molecule has 1 heterocycles. The molecule has 0 spiro atoms. The van der Waals surface area contributed by atoms with Crippen LogP contribution in [0.4, 0.5) is 0 Å². The molecule has 1 saturated carbocycles. The number of nitrogens with one attached hydrogen (secondary N) is 1. The van der Waals surface area contributed by atoms with E-state index >= 15 is 0 Å². The van der Waals surface area contributed by atoms with Crippen molar-refractivity contribution < 1.29 is 19.2 Å². The number of methoxy groups -OCH3 is 1.